The second-order valence-electron chi connectivity index (χ2n) is 4.34. The van der Waals surface area contributed by atoms with E-state index in [0.717, 1.165) is 11.3 Å². The molecule has 0 atom stereocenters. The SMILES string of the molecule is Cc1ccc(-n2c(O)c(C=NCCCO)sc2=S)cc1. The lowest BCUT2D eigenvalue weighted by Gasteiger charge is -2.04. The normalized spacial score (nSPS) is 11.3. The number of aromatic nitrogens is 1. The van der Waals surface area contributed by atoms with Crippen molar-refractivity contribution in [2.75, 3.05) is 13.2 Å². The van der Waals surface area contributed by atoms with E-state index in [-0.39, 0.29) is 12.5 Å². The van der Waals surface area contributed by atoms with E-state index in [0.29, 0.717) is 21.8 Å². The number of aliphatic hydroxyl groups excluding tert-OH is 1. The molecular weight excluding hydrogens is 292 g/mol. The highest BCUT2D eigenvalue weighted by Crippen LogP contribution is 2.28. The molecule has 0 amide bonds. The summed E-state index contributed by atoms with van der Waals surface area (Å²) in [6, 6.07) is 7.79. The monoisotopic (exact) mass is 308 g/mol. The maximum Gasteiger partial charge on any atom is 0.216 e. The summed E-state index contributed by atoms with van der Waals surface area (Å²) in [5.74, 6) is 0.108. The molecule has 0 saturated heterocycles. The molecule has 2 rings (SSSR count). The largest absolute Gasteiger partial charge is 0.493 e. The third-order valence-corrected chi connectivity index (χ3v) is 4.06. The fourth-order valence-corrected chi connectivity index (χ4v) is 2.94. The van der Waals surface area contributed by atoms with Crippen LogP contribution >= 0.6 is 23.6 Å². The Morgan fingerprint density at radius 3 is 2.70 bits per heavy atom. The van der Waals surface area contributed by atoms with Crippen LogP contribution in [0.1, 0.15) is 16.9 Å². The summed E-state index contributed by atoms with van der Waals surface area (Å²) >= 11 is 6.61. The van der Waals surface area contributed by atoms with Gasteiger partial charge in [-0.1, -0.05) is 29.0 Å². The molecule has 1 aromatic heterocycles. The van der Waals surface area contributed by atoms with E-state index in [4.69, 9.17) is 17.3 Å². The molecule has 1 aromatic carbocycles. The van der Waals surface area contributed by atoms with Crippen molar-refractivity contribution in [3.8, 4) is 11.6 Å². The summed E-state index contributed by atoms with van der Waals surface area (Å²) in [6.45, 7) is 2.66. The van der Waals surface area contributed by atoms with Gasteiger partial charge >= 0.3 is 0 Å². The average molecular weight is 308 g/mol. The molecule has 0 saturated carbocycles. The lowest BCUT2D eigenvalue weighted by atomic mass is 10.2. The van der Waals surface area contributed by atoms with Crippen LogP contribution in [0.15, 0.2) is 29.3 Å². The molecule has 0 aliphatic carbocycles. The number of benzene rings is 1. The van der Waals surface area contributed by atoms with E-state index in [2.05, 4.69) is 4.99 Å². The summed E-state index contributed by atoms with van der Waals surface area (Å²) in [5.41, 5.74) is 1.99. The van der Waals surface area contributed by atoms with Gasteiger partial charge in [-0.25, -0.2) is 0 Å². The molecule has 4 nitrogen and oxygen atoms in total. The summed E-state index contributed by atoms with van der Waals surface area (Å²) in [6.07, 6.45) is 2.22. The van der Waals surface area contributed by atoms with Crippen molar-refractivity contribution in [2.24, 2.45) is 4.99 Å². The molecular formula is C14H16N2O2S2. The van der Waals surface area contributed by atoms with Crippen LogP contribution in [0.25, 0.3) is 5.69 Å². The maximum atomic E-state index is 10.3. The van der Waals surface area contributed by atoms with Crippen LogP contribution in [0.4, 0.5) is 0 Å². The van der Waals surface area contributed by atoms with Crippen LogP contribution in [0, 0.1) is 10.9 Å². The second-order valence-corrected chi connectivity index (χ2v) is 6.01. The van der Waals surface area contributed by atoms with Gasteiger partial charge in [0, 0.05) is 19.4 Å². The van der Waals surface area contributed by atoms with Gasteiger partial charge in [0.15, 0.2) is 3.95 Å². The number of aliphatic hydroxyl groups is 1. The van der Waals surface area contributed by atoms with Gasteiger partial charge in [-0.2, -0.15) is 0 Å². The number of hydrogen-bond acceptors (Lipinski definition) is 5. The summed E-state index contributed by atoms with van der Waals surface area (Å²) in [4.78, 5) is 4.79. The highest BCUT2D eigenvalue weighted by molar-refractivity contribution is 7.73. The first-order valence-corrected chi connectivity index (χ1v) is 7.48. The van der Waals surface area contributed by atoms with Crippen molar-refractivity contribution in [1.82, 2.24) is 4.57 Å². The smallest absolute Gasteiger partial charge is 0.216 e. The Labute approximate surface area is 126 Å². The first-order chi connectivity index (χ1) is 9.63. The lowest BCUT2D eigenvalue weighted by molar-refractivity contribution is 0.291. The third kappa shape index (κ3) is 3.33. The van der Waals surface area contributed by atoms with Crippen LogP contribution in [0.5, 0.6) is 5.88 Å². The van der Waals surface area contributed by atoms with Gasteiger partial charge in [-0.3, -0.25) is 9.56 Å². The Morgan fingerprint density at radius 2 is 2.05 bits per heavy atom. The van der Waals surface area contributed by atoms with Gasteiger partial charge in [0.1, 0.15) is 4.88 Å². The van der Waals surface area contributed by atoms with Crippen LogP contribution in [0.3, 0.4) is 0 Å². The number of rotatable bonds is 5. The minimum absolute atomic E-state index is 0.108. The van der Waals surface area contributed by atoms with Crippen molar-refractivity contribution in [2.45, 2.75) is 13.3 Å². The van der Waals surface area contributed by atoms with Crippen LogP contribution in [-0.4, -0.2) is 34.1 Å². The average Bonchev–Trinajstić information content (AvgIpc) is 2.71. The second kappa shape index (κ2) is 6.78. The van der Waals surface area contributed by atoms with E-state index in [9.17, 15) is 5.11 Å². The molecule has 0 spiro atoms. The quantitative estimate of drug-likeness (QED) is 0.507. The molecule has 0 unspecified atom stereocenters. The standard InChI is InChI=1S/C14H16N2O2S2/c1-10-3-5-11(6-4-10)16-13(18)12(20-14(16)19)9-15-7-2-8-17/h3-6,9,17-18H,2,7-8H2,1H3. The van der Waals surface area contributed by atoms with Gasteiger partial charge in [0.2, 0.25) is 5.88 Å². The Hall–Kier alpha value is -1.50. The minimum Gasteiger partial charge on any atom is -0.493 e. The van der Waals surface area contributed by atoms with Gasteiger partial charge < -0.3 is 10.2 Å². The van der Waals surface area contributed by atoms with Crippen molar-refractivity contribution >= 4 is 29.8 Å². The number of hydrogen-bond donors (Lipinski definition) is 2. The minimum atomic E-state index is 0.108. The van der Waals surface area contributed by atoms with E-state index in [1.54, 1.807) is 10.8 Å². The highest BCUT2D eigenvalue weighted by Gasteiger charge is 2.11. The van der Waals surface area contributed by atoms with E-state index in [1.165, 1.54) is 11.3 Å². The molecule has 20 heavy (non-hydrogen) atoms. The Balaban J connectivity index is 2.32. The molecule has 1 heterocycles. The van der Waals surface area contributed by atoms with Gasteiger partial charge in [-0.15, -0.1) is 0 Å². The van der Waals surface area contributed by atoms with Crippen molar-refractivity contribution in [3.05, 3.63) is 38.7 Å². The van der Waals surface area contributed by atoms with Gasteiger partial charge in [0.05, 0.1) is 5.69 Å². The Bertz CT molecular complexity index is 657. The fourth-order valence-electron chi connectivity index (χ4n) is 1.70. The van der Waals surface area contributed by atoms with Crippen molar-refractivity contribution in [3.63, 3.8) is 0 Å². The summed E-state index contributed by atoms with van der Waals surface area (Å²) in [7, 11) is 0. The zero-order valence-electron chi connectivity index (χ0n) is 11.1. The fraction of sp³-hybridized carbons (Fsp3) is 0.286. The first-order valence-electron chi connectivity index (χ1n) is 6.26. The number of aryl methyl sites for hydroxylation is 1. The molecule has 106 valence electrons. The van der Waals surface area contributed by atoms with Crippen molar-refractivity contribution < 1.29 is 10.2 Å². The molecule has 0 fully saturated rings. The van der Waals surface area contributed by atoms with Crippen LogP contribution < -0.4 is 0 Å². The maximum absolute atomic E-state index is 10.3. The zero-order chi connectivity index (χ0) is 14.5. The molecule has 2 aromatic rings. The summed E-state index contributed by atoms with van der Waals surface area (Å²) in [5, 5.41) is 19.0. The Morgan fingerprint density at radius 1 is 1.35 bits per heavy atom. The molecule has 2 N–H and O–H groups in total. The predicted octanol–water partition coefficient (Wildman–Crippen LogP) is 3.08. The predicted molar refractivity (Wildman–Crippen MR) is 85.0 cm³/mol. The van der Waals surface area contributed by atoms with Crippen LogP contribution in [0.2, 0.25) is 0 Å². The van der Waals surface area contributed by atoms with E-state index < -0.39 is 0 Å². The van der Waals surface area contributed by atoms with Crippen molar-refractivity contribution in [1.29, 1.82) is 0 Å². The number of nitrogens with zero attached hydrogens (tertiary/aromatic N) is 2. The number of thiazole rings is 1. The first kappa shape index (κ1) is 14.9. The van der Waals surface area contributed by atoms with E-state index in [1.807, 2.05) is 31.2 Å². The molecule has 0 aliphatic heterocycles. The molecule has 0 radical (unpaired) electrons. The molecule has 6 heteroatoms. The zero-order valence-corrected chi connectivity index (χ0v) is 12.7. The topological polar surface area (TPSA) is 57.8 Å². The molecule has 0 aliphatic rings. The highest BCUT2D eigenvalue weighted by atomic mass is 32.1. The number of aliphatic imine (C=N–C) groups is 1. The molecule has 0 bridgehead atoms. The third-order valence-electron chi connectivity index (χ3n) is 2.76. The van der Waals surface area contributed by atoms with Crippen LogP contribution in [-0.2, 0) is 0 Å². The number of aromatic hydroxyl groups is 1. The lowest BCUT2D eigenvalue weighted by Crippen LogP contribution is -1.93. The summed E-state index contributed by atoms with van der Waals surface area (Å²) < 4.78 is 2.21. The van der Waals surface area contributed by atoms with Gasteiger partial charge in [0.25, 0.3) is 0 Å². The van der Waals surface area contributed by atoms with Gasteiger partial charge in [-0.05, 0) is 37.7 Å². The Kier molecular flexibility index (Phi) is 5.05. The van der Waals surface area contributed by atoms with E-state index >= 15 is 0 Å².